The maximum atomic E-state index is 15.7. The fraction of sp³-hybridized carbons (Fsp3) is 0.583. The zero-order valence-corrected chi connectivity index (χ0v) is 17.9. The van der Waals surface area contributed by atoms with Gasteiger partial charge in [0.05, 0.1) is 5.69 Å². The molecule has 8 heteroatoms. The summed E-state index contributed by atoms with van der Waals surface area (Å²) in [5.74, 6) is -2.02. The second kappa shape index (κ2) is 8.28. The Morgan fingerprint density at radius 2 is 1.81 bits per heavy atom. The molecule has 2 aliphatic carbocycles. The van der Waals surface area contributed by atoms with Crippen molar-refractivity contribution in [1.29, 1.82) is 0 Å². The van der Waals surface area contributed by atoms with E-state index in [1.54, 1.807) is 6.07 Å². The van der Waals surface area contributed by atoms with E-state index in [0.29, 0.717) is 43.0 Å². The molecule has 2 N–H and O–H groups in total. The molecule has 0 unspecified atom stereocenters. The number of nitrogens with zero attached hydrogens (tertiary/aromatic N) is 3. The van der Waals surface area contributed by atoms with Crippen molar-refractivity contribution >= 4 is 5.82 Å². The predicted molar refractivity (Wildman–Crippen MR) is 114 cm³/mol. The lowest BCUT2D eigenvalue weighted by Crippen LogP contribution is -2.42. The average Bonchev–Trinajstić information content (AvgIpc) is 3.28. The van der Waals surface area contributed by atoms with Gasteiger partial charge >= 0.3 is 0 Å². The van der Waals surface area contributed by atoms with Crippen LogP contribution in [0.2, 0.25) is 0 Å². The van der Waals surface area contributed by atoms with E-state index in [1.807, 2.05) is 0 Å². The van der Waals surface area contributed by atoms with Crippen molar-refractivity contribution in [3.05, 3.63) is 41.7 Å². The van der Waals surface area contributed by atoms with Crippen LogP contribution < -0.4 is 10.6 Å². The van der Waals surface area contributed by atoms with Crippen molar-refractivity contribution in [3.63, 3.8) is 0 Å². The molecular formula is C24H28F4N4. The summed E-state index contributed by atoms with van der Waals surface area (Å²) in [5, 5.41) is 8.32. The summed E-state index contributed by atoms with van der Waals surface area (Å²) in [6.07, 6.45) is 6.35. The van der Waals surface area contributed by atoms with Gasteiger partial charge in [0.2, 0.25) is 0 Å². The first-order chi connectivity index (χ1) is 15.3. The molecule has 1 saturated heterocycles. The van der Waals surface area contributed by atoms with E-state index in [-0.39, 0.29) is 23.3 Å². The van der Waals surface area contributed by atoms with Gasteiger partial charge in [-0.1, -0.05) is 19.3 Å². The Bertz CT molecular complexity index is 977. The van der Waals surface area contributed by atoms with Crippen LogP contribution in [0.15, 0.2) is 24.3 Å². The van der Waals surface area contributed by atoms with Gasteiger partial charge in [0.15, 0.2) is 17.5 Å². The summed E-state index contributed by atoms with van der Waals surface area (Å²) >= 11 is 0. The lowest BCUT2D eigenvalue weighted by atomic mass is 9.78. The monoisotopic (exact) mass is 448 g/mol. The van der Waals surface area contributed by atoms with Gasteiger partial charge in [-0.15, -0.1) is 10.2 Å². The van der Waals surface area contributed by atoms with Gasteiger partial charge < -0.3 is 10.6 Å². The SMILES string of the molecule is N[C@H]1C[C@@H]2CN(c3ccc(-c4cc(F)cc(F)c4F)nn3)[C@@H](CC3(F)CCCCC3)[C@H]2C1. The highest BCUT2D eigenvalue weighted by molar-refractivity contribution is 5.61. The van der Waals surface area contributed by atoms with Crippen molar-refractivity contribution in [1.82, 2.24) is 10.2 Å². The highest BCUT2D eigenvalue weighted by Crippen LogP contribution is 2.48. The molecular weight excluding hydrogens is 420 g/mol. The number of hydrogen-bond donors (Lipinski definition) is 1. The highest BCUT2D eigenvalue weighted by Gasteiger charge is 2.50. The molecule has 2 aromatic rings. The molecule has 2 saturated carbocycles. The standard InChI is InChI=1S/C24H28F4N4/c25-15-9-18(23(27)19(26)10-15)20-4-5-22(31-30-20)32-13-14-8-16(29)11-17(14)21(32)12-24(28)6-2-1-3-7-24/h4-5,9-10,14,16-17,21H,1-3,6-8,11-13,29H2/t14-,16+,17+,21+/m1/s1. The molecule has 1 aliphatic heterocycles. The smallest absolute Gasteiger partial charge is 0.168 e. The molecule has 3 aliphatic rings. The Balaban J connectivity index is 1.42. The summed E-state index contributed by atoms with van der Waals surface area (Å²) < 4.78 is 57.0. The zero-order valence-electron chi connectivity index (χ0n) is 17.9. The quantitative estimate of drug-likeness (QED) is 0.518. The van der Waals surface area contributed by atoms with Crippen molar-refractivity contribution in [2.45, 2.75) is 69.1 Å². The molecule has 0 amide bonds. The number of benzene rings is 1. The van der Waals surface area contributed by atoms with Gasteiger partial charge in [0, 0.05) is 36.7 Å². The topological polar surface area (TPSA) is 55.0 Å². The summed E-state index contributed by atoms with van der Waals surface area (Å²) in [7, 11) is 0. The number of alkyl halides is 1. The Morgan fingerprint density at radius 1 is 1.03 bits per heavy atom. The lowest BCUT2D eigenvalue weighted by molar-refractivity contribution is 0.0812. The van der Waals surface area contributed by atoms with E-state index >= 15 is 4.39 Å². The zero-order chi connectivity index (χ0) is 22.5. The third-order valence-corrected chi connectivity index (χ3v) is 7.65. The third-order valence-electron chi connectivity index (χ3n) is 7.65. The Kier molecular flexibility index (Phi) is 5.60. The second-order valence-corrected chi connectivity index (χ2v) is 9.82. The molecule has 2 heterocycles. The molecule has 172 valence electrons. The van der Waals surface area contributed by atoms with E-state index in [9.17, 15) is 13.2 Å². The van der Waals surface area contributed by atoms with Gasteiger partial charge in [-0.2, -0.15) is 0 Å². The van der Waals surface area contributed by atoms with Crippen molar-refractivity contribution in [2.75, 3.05) is 11.4 Å². The van der Waals surface area contributed by atoms with Crippen LogP contribution in [0.5, 0.6) is 0 Å². The first-order valence-corrected chi connectivity index (χ1v) is 11.5. The van der Waals surface area contributed by atoms with E-state index in [2.05, 4.69) is 15.1 Å². The van der Waals surface area contributed by atoms with Crippen LogP contribution in [0.4, 0.5) is 23.4 Å². The lowest BCUT2D eigenvalue weighted by Gasteiger charge is -2.37. The van der Waals surface area contributed by atoms with E-state index < -0.39 is 23.1 Å². The number of aromatic nitrogens is 2. The number of rotatable bonds is 4. The predicted octanol–water partition coefficient (Wildman–Crippen LogP) is 5.17. The molecule has 1 aromatic heterocycles. The fourth-order valence-corrected chi connectivity index (χ4v) is 6.16. The van der Waals surface area contributed by atoms with Crippen molar-refractivity contribution in [3.8, 4) is 11.3 Å². The number of nitrogens with two attached hydrogens (primary N) is 1. The molecule has 0 spiro atoms. The van der Waals surface area contributed by atoms with Gasteiger partial charge in [0.1, 0.15) is 11.5 Å². The van der Waals surface area contributed by atoms with Crippen LogP contribution in [0.25, 0.3) is 11.3 Å². The highest BCUT2D eigenvalue weighted by atomic mass is 19.2. The van der Waals surface area contributed by atoms with Crippen LogP contribution in [-0.2, 0) is 0 Å². The van der Waals surface area contributed by atoms with E-state index in [0.717, 1.165) is 44.7 Å². The van der Waals surface area contributed by atoms with Gasteiger partial charge in [-0.3, -0.25) is 0 Å². The van der Waals surface area contributed by atoms with Crippen LogP contribution in [0.3, 0.4) is 0 Å². The minimum atomic E-state index is -1.27. The number of hydrogen-bond acceptors (Lipinski definition) is 4. The minimum Gasteiger partial charge on any atom is -0.351 e. The normalized spacial score (nSPS) is 29.3. The number of anilines is 1. The Labute approximate surface area is 185 Å². The number of fused-ring (bicyclic) bond motifs is 1. The van der Waals surface area contributed by atoms with Gasteiger partial charge in [0.25, 0.3) is 0 Å². The minimum absolute atomic E-state index is 0.0137. The average molecular weight is 449 g/mol. The summed E-state index contributed by atoms with van der Waals surface area (Å²) in [6.45, 7) is 0.732. The van der Waals surface area contributed by atoms with Gasteiger partial charge in [-0.05, 0) is 55.7 Å². The van der Waals surface area contributed by atoms with E-state index in [1.165, 1.54) is 6.07 Å². The second-order valence-electron chi connectivity index (χ2n) is 9.82. The van der Waals surface area contributed by atoms with E-state index in [4.69, 9.17) is 5.73 Å². The molecule has 0 bridgehead atoms. The summed E-state index contributed by atoms with van der Waals surface area (Å²) in [5.41, 5.74) is 4.84. The fourth-order valence-electron chi connectivity index (χ4n) is 6.16. The molecule has 1 aromatic carbocycles. The first kappa shape index (κ1) is 21.6. The third kappa shape index (κ3) is 3.98. The molecule has 4 atom stereocenters. The van der Waals surface area contributed by atoms with Crippen LogP contribution >= 0.6 is 0 Å². The largest absolute Gasteiger partial charge is 0.351 e. The Hall–Kier alpha value is -2.22. The molecule has 0 radical (unpaired) electrons. The first-order valence-electron chi connectivity index (χ1n) is 11.5. The maximum absolute atomic E-state index is 15.7. The Morgan fingerprint density at radius 3 is 2.53 bits per heavy atom. The summed E-state index contributed by atoms with van der Waals surface area (Å²) in [6, 6.07) is 4.74. The number of halogens is 4. The van der Waals surface area contributed by atoms with Crippen molar-refractivity contribution in [2.24, 2.45) is 17.6 Å². The molecule has 3 fully saturated rings. The molecule has 32 heavy (non-hydrogen) atoms. The summed E-state index contributed by atoms with van der Waals surface area (Å²) in [4.78, 5) is 2.12. The van der Waals surface area contributed by atoms with Crippen molar-refractivity contribution < 1.29 is 17.6 Å². The van der Waals surface area contributed by atoms with Crippen LogP contribution in [0.1, 0.15) is 51.4 Å². The maximum Gasteiger partial charge on any atom is 0.168 e. The van der Waals surface area contributed by atoms with Crippen LogP contribution in [-0.4, -0.2) is 34.5 Å². The molecule has 5 rings (SSSR count). The van der Waals surface area contributed by atoms with Crippen LogP contribution in [0, 0.1) is 29.3 Å². The van der Waals surface area contributed by atoms with Gasteiger partial charge in [-0.25, -0.2) is 17.6 Å². The molecule has 4 nitrogen and oxygen atoms in total.